The molecule has 1 heterocycles. The molecule has 0 aliphatic heterocycles. The normalized spacial score (nSPS) is 11.3. The number of carbonyl (C=O) groups excluding carboxylic acids is 1. The molecule has 0 aliphatic rings. The van der Waals surface area contributed by atoms with Gasteiger partial charge in [-0.15, -0.1) is 0 Å². The maximum absolute atomic E-state index is 13.0. The molecule has 1 amide bonds. The van der Waals surface area contributed by atoms with Crippen LogP contribution in [0.1, 0.15) is 41.9 Å². The predicted octanol–water partition coefficient (Wildman–Crippen LogP) is 3.18. The highest BCUT2D eigenvalue weighted by Gasteiger charge is 2.18. The topological polar surface area (TPSA) is 122 Å². The van der Waals surface area contributed by atoms with Gasteiger partial charge in [-0.2, -0.15) is 5.10 Å². The number of amides is 1. The fourth-order valence-corrected chi connectivity index (χ4v) is 3.04. The summed E-state index contributed by atoms with van der Waals surface area (Å²) in [7, 11) is 0. The van der Waals surface area contributed by atoms with Gasteiger partial charge >= 0.3 is 0 Å². The number of benzene rings is 2. The Morgan fingerprint density at radius 2 is 1.83 bits per heavy atom. The lowest BCUT2D eigenvalue weighted by atomic mass is 10.1. The van der Waals surface area contributed by atoms with Crippen LogP contribution in [-0.4, -0.2) is 26.3 Å². The Morgan fingerprint density at radius 1 is 1.17 bits per heavy atom. The maximum atomic E-state index is 13.0. The molecule has 0 saturated carbocycles. The molecule has 3 rings (SSSR count). The number of hydrogen-bond donors (Lipinski definition) is 2. The average Bonchev–Trinajstić information content (AvgIpc) is 3.08. The van der Waals surface area contributed by atoms with E-state index in [2.05, 4.69) is 15.6 Å². The Labute approximate surface area is 172 Å². The molecule has 0 atom stereocenters. The number of aromatic amines is 1. The van der Waals surface area contributed by atoms with Gasteiger partial charge in [-0.3, -0.25) is 24.8 Å². The molecule has 9 nitrogen and oxygen atoms in total. The third-order valence-corrected chi connectivity index (χ3v) is 4.51. The van der Waals surface area contributed by atoms with E-state index in [0.29, 0.717) is 34.6 Å². The summed E-state index contributed by atoms with van der Waals surface area (Å²) in [5, 5.41) is 18.0. The van der Waals surface area contributed by atoms with Gasteiger partial charge in [-0.05, 0) is 37.6 Å². The van der Waals surface area contributed by atoms with E-state index in [1.165, 1.54) is 28.9 Å². The first-order valence-electron chi connectivity index (χ1n) is 9.41. The molecule has 0 bridgehead atoms. The van der Waals surface area contributed by atoms with Crippen molar-refractivity contribution < 1.29 is 9.72 Å². The summed E-state index contributed by atoms with van der Waals surface area (Å²) in [5.74, 6) is -0.377. The van der Waals surface area contributed by atoms with Gasteiger partial charge in [-0.1, -0.05) is 31.5 Å². The molecule has 0 fully saturated rings. The van der Waals surface area contributed by atoms with Crippen LogP contribution >= 0.6 is 0 Å². The number of nitro groups is 1. The van der Waals surface area contributed by atoms with Crippen LogP contribution in [0.15, 0.2) is 64.5 Å². The zero-order valence-corrected chi connectivity index (χ0v) is 16.6. The number of non-ortho nitro benzene ring substituents is 1. The largest absolute Gasteiger partial charge is 0.294 e. The van der Waals surface area contributed by atoms with Crippen molar-refractivity contribution in [1.82, 2.24) is 15.2 Å². The Morgan fingerprint density at radius 3 is 2.43 bits per heavy atom. The zero-order valence-electron chi connectivity index (χ0n) is 16.6. The average molecular weight is 407 g/mol. The standard InChI is InChI=1S/C21H21N5O4/c1-3-7-18-19(14(2)22-23-20(27)15-8-5-4-6-9-15)21(28)25(24-18)16-10-12-17(13-11-16)26(29)30/h4-6,8-13,24H,3,7H2,1-2H3,(H,23,27)/b22-14+. The number of carbonyl (C=O) groups is 1. The zero-order chi connectivity index (χ0) is 21.7. The van der Waals surface area contributed by atoms with E-state index in [0.717, 1.165) is 6.42 Å². The summed E-state index contributed by atoms with van der Waals surface area (Å²) < 4.78 is 1.32. The number of nitrogens with zero attached hydrogens (tertiary/aromatic N) is 3. The first-order chi connectivity index (χ1) is 14.4. The second kappa shape index (κ2) is 8.99. The summed E-state index contributed by atoms with van der Waals surface area (Å²) in [6.45, 7) is 3.63. The van der Waals surface area contributed by atoms with Gasteiger partial charge in [0.25, 0.3) is 17.2 Å². The van der Waals surface area contributed by atoms with Crippen LogP contribution < -0.4 is 11.0 Å². The second-order valence-electron chi connectivity index (χ2n) is 6.63. The van der Waals surface area contributed by atoms with E-state index in [9.17, 15) is 19.7 Å². The van der Waals surface area contributed by atoms with Crippen molar-refractivity contribution in [2.75, 3.05) is 0 Å². The third-order valence-electron chi connectivity index (χ3n) is 4.51. The number of rotatable bonds is 7. The fourth-order valence-electron chi connectivity index (χ4n) is 3.04. The molecule has 3 aromatic rings. The van der Waals surface area contributed by atoms with E-state index in [4.69, 9.17) is 0 Å². The first-order valence-corrected chi connectivity index (χ1v) is 9.41. The fraction of sp³-hybridized carbons (Fsp3) is 0.190. The number of hydrazone groups is 1. The van der Waals surface area contributed by atoms with Crippen LogP contribution in [0.4, 0.5) is 5.69 Å². The predicted molar refractivity (Wildman–Crippen MR) is 113 cm³/mol. The van der Waals surface area contributed by atoms with Gasteiger partial charge in [0, 0.05) is 23.4 Å². The summed E-state index contributed by atoms with van der Waals surface area (Å²) >= 11 is 0. The van der Waals surface area contributed by atoms with Crippen molar-refractivity contribution >= 4 is 17.3 Å². The van der Waals surface area contributed by atoms with Gasteiger partial charge < -0.3 is 0 Å². The highest BCUT2D eigenvalue weighted by molar-refractivity contribution is 6.01. The molecule has 1 aromatic heterocycles. The molecule has 9 heteroatoms. The van der Waals surface area contributed by atoms with Crippen molar-refractivity contribution in [1.29, 1.82) is 0 Å². The molecule has 2 aromatic carbocycles. The van der Waals surface area contributed by atoms with E-state index in [1.54, 1.807) is 31.2 Å². The number of nitro benzene ring substituents is 1. The molecule has 0 spiro atoms. The lowest BCUT2D eigenvalue weighted by Gasteiger charge is -2.02. The van der Waals surface area contributed by atoms with Gasteiger partial charge in [-0.25, -0.2) is 10.1 Å². The van der Waals surface area contributed by atoms with E-state index in [-0.39, 0.29) is 17.2 Å². The van der Waals surface area contributed by atoms with Crippen LogP contribution in [-0.2, 0) is 6.42 Å². The quantitative estimate of drug-likeness (QED) is 0.355. The number of nitrogens with one attached hydrogen (secondary N) is 2. The number of aromatic nitrogens is 2. The lowest BCUT2D eigenvalue weighted by molar-refractivity contribution is -0.384. The number of aryl methyl sites for hydroxylation is 1. The van der Waals surface area contributed by atoms with Crippen LogP contribution in [0.2, 0.25) is 0 Å². The van der Waals surface area contributed by atoms with E-state index >= 15 is 0 Å². The number of hydrogen-bond acceptors (Lipinski definition) is 5. The van der Waals surface area contributed by atoms with Crippen molar-refractivity contribution in [3.05, 3.63) is 91.9 Å². The Kier molecular flexibility index (Phi) is 6.21. The molecule has 2 N–H and O–H groups in total. The lowest BCUT2D eigenvalue weighted by Crippen LogP contribution is -2.23. The van der Waals surface area contributed by atoms with E-state index < -0.39 is 4.92 Å². The van der Waals surface area contributed by atoms with E-state index in [1.807, 2.05) is 13.0 Å². The van der Waals surface area contributed by atoms with Crippen molar-refractivity contribution in [2.24, 2.45) is 5.10 Å². The van der Waals surface area contributed by atoms with Crippen LogP contribution in [0.5, 0.6) is 0 Å². The number of H-pyrrole nitrogens is 1. The summed E-state index contributed by atoms with van der Waals surface area (Å²) in [6, 6.07) is 14.3. The SMILES string of the molecule is CCCc1[nH]n(-c2ccc([N+](=O)[O-])cc2)c(=O)c1/C(C)=N/NC(=O)c1ccccc1. The van der Waals surface area contributed by atoms with Gasteiger partial charge in [0.15, 0.2) is 0 Å². The van der Waals surface area contributed by atoms with Crippen LogP contribution in [0.3, 0.4) is 0 Å². The van der Waals surface area contributed by atoms with Crippen molar-refractivity contribution in [3.63, 3.8) is 0 Å². The Balaban J connectivity index is 1.94. The van der Waals surface area contributed by atoms with Gasteiger partial charge in [0.1, 0.15) is 0 Å². The maximum Gasteiger partial charge on any atom is 0.280 e. The first kappa shape index (κ1) is 20.7. The van der Waals surface area contributed by atoms with Crippen LogP contribution in [0.25, 0.3) is 5.69 Å². The Hall–Kier alpha value is -4.01. The minimum atomic E-state index is -0.499. The van der Waals surface area contributed by atoms with Crippen molar-refractivity contribution in [2.45, 2.75) is 26.7 Å². The molecule has 0 saturated heterocycles. The minimum Gasteiger partial charge on any atom is -0.294 e. The summed E-state index contributed by atoms with van der Waals surface area (Å²) in [4.78, 5) is 35.6. The highest BCUT2D eigenvalue weighted by atomic mass is 16.6. The van der Waals surface area contributed by atoms with Crippen LogP contribution in [0, 0.1) is 10.1 Å². The smallest absolute Gasteiger partial charge is 0.280 e. The van der Waals surface area contributed by atoms with Crippen molar-refractivity contribution in [3.8, 4) is 5.69 Å². The second-order valence-corrected chi connectivity index (χ2v) is 6.63. The summed E-state index contributed by atoms with van der Waals surface area (Å²) in [5.41, 5.74) is 4.40. The monoisotopic (exact) mass is 407 g/mol. The third kappa shape index (κ3) is 4.35. The molecular formula is C21H21N5O4. The molecular weight excluding hydrogens is 386 g/mol. The molecule has 0 aliphatic carbocycles. The molecule has 0 radical (unpaired) electrons. The molecule has 154 valence electrons. The Bertz CT molecular complexity index is 1140. The molecule has 0 unspecified atom stereocenters. The van der Waals surface area contributed by atoms with Gasteiger partial charge in [0.05, 0.1) is 21.9 Å². The van der Waals surface area contributed by atoms with Gasteiger partial charge in [0.2, 0.25) is 0 Å². The highest BCUT2D eigenvalue weighted by Crippen LogP contribution is 2.15. The molecule has 30 heavy (non-hydrogen) atoms. The summed E-state index contributed by atoms with van der Waals surface area (Å²) in [6.07, 6.45) is 1.39. The minimum absolute atomic E-state index is 0.0614.